The molecule has 0 aliphatic heterocycles. The lowest BCUT2D eigenvalue weighted by Gasteiger charge is -2.23. The second-order valence-electron chi connectivity index (χ2n) is 5.31. The average Bonchev–Trinajstić information content (AvgIpc) is 2.45. The minimum atomic E-state index is -0.114. The molecule has 0 bridgehead atoms. The summed E-state index contributed by atoms with van der Waals surface area (Å²) in [7, 11) is 0. The van der Waals surface area contributed by atoms with Crippen LogP contribution in [0.4, 0.5) is 0 Å². The van der Waals surface area contributed by atoms with Crippen molar-refractivity contribution in [2.45, 2.75) is 33.1 Å². The molecular formula is C16H25NO2. The highest BCUT2D eigenvalue weighted by molar-refractivity contribution is 5.83. The first-order valence-corrected chi connectivity index (χ1v) is 7.03. The van der Waals surface area contributed by atoms with Crippen LogP contribution < -0.4 is 5.32 Å². The fraction of sp³-hybridized carbons (Fsp3) is 0.562. The van der Waals surface area contributed by atoms with Gasteiger partial charge in [-0.15, -0.1) is 0 Å². The molecule has 3 heteroatoms. The fourth-order valence-corrected chi connectivity index (χ4v) is 2.08. The highest BCUT2D eigenvalue weighted by atomic mass is 16.3. The Bertz CT molecular complexity index is 378. The first-order chi connectivity index (χ1) is 9.10. The van der Waals surface area contributed by atoms with E-state index in [-0.39, 0.29) is 24.3 Å². The number of hydrogen-bond donors (Lipinski definition) is 2. The van der Waals surface area contributed by atoms with Gasteiger partial charge in [-0.25, -0.2) is 0 Å². The molecule has 3 atom stereocenters. The van der Waals surface area contributed by atoms with Crippen molar-refractivity contribution in [3.63, 3.8) is 0 Å². The standard InChI is InChI=1S/C16H25NO2/c1-4-13(3)15(14-8-6-5-7-9-14)16(19)17-10-12(2)11-18/h5-9,12-13,15,18H,4,10-11H2,1-3H3,(H,17,19). The molecule has 1 rings (SSSR count). The predicted octanol–water partition coefficient (Wildman–Crippen LogP) is 2.56. The van der Waals surface area contributed by atoms with Crippen LogP contribution in [0.2, 0.25) is 0 Å². The lowest BCUT2D eigenvalue weighted by atomic mass is 9.85. The topological polar surface area (TPSA) is 49.3 Å². The summed E-state index contributed by atoms with van der Waals surface area (Å²) in [6.45, 7) is 6.74. The molecule has 0 saturated heterocycles. The summed E-state index contributed by atoms with van der Waals surface area (Å²) in [4.78, 5) is 12.4. The number of aliphatic hydroxyl groups excluding tert-OH is 1. The molecule has 1 aromatic rings. The molecule has 1 amide bonds. The van der Waals surface area contributed by atoms with Gasteiger partial charge in [0.05, 0.1) is 5.92 Å². The number of aliphatic hydroxyl groups is 1. The Balaban J connectivity index is 2.77. The zero-order valence-corrected chi connectivity index (χ0v) is 12.1. The Hall–Kier alpha value is -1.35. The quantitative estimate of drug-likeness (QED) is 0.794. The van der Waals surface area contributed by atoms with Gasteiger partial charge in [-0.3, -0.25) is 4.79 Å². The molecule has 0 heterocycles. The molecule has 106 valence electrons. The molecule has 3 nitrogen and oxygen atoms in total. The molecule has 0 aliphatic rings. The maximum absolute atomic E-state index is 12.4. The van der Waals surface area contributed by atoms with E-state index in [4.69, 9.17) is 5.11 Å². The van der Waals surface area contributed by atoms with Gasteiger partial charge in [-0.05, 0) is 17.4 Å². The van der Waals surface area contributed by atoms with E-state index in [1.807, 2.05) is 37.3 Å². The number of rotatable bonds is 7. The number of amides is 1. The van der Waals surface area contributed by atoms with Gasteiger partial charge >= 0.3 is 0 Å². The lowest BCUT2D eigenvalue weighted by Crippen LogP contribution is -2.36. The third-order valence-electron chi connectivity index (χ3n) is 3.59. The van der Waals surface area contributed by atoms with E-state index < -0.39 is 0 Å². The Morgan fingerprint density at radius 1 is 1.26 bits per heavy atom. The maximum Gasteiger partial charge on any atom is 0.227 e. The minimum Gasteiger partial charge on any atom is -0.396 e. The van der Waals surface area contributed by atoms with Crippen LogP contribution in [0.5, 0.6) is 0 Å². The van der Waals surface area contributed by atoms with Gasteiger partial charge in [0.15, 0.2) is 0 Å². The van der Waals surface area contributed by atoms with Crippen molar-refractivity contribution < 1.29 is 9.90 Å². The van der Waals surface area contributed by atoms with Crippen LogP contribution in [-0.2, 0) is 4.79 Å². The van der Waals surface area contributed by atoms with Gasteiger partial charge in [-0.2, -0.15) is 0 Å². The van der Waals surface area contributed by atoms with Crippen molar-refractivity contribution in [1.82, 2.24) is 5.32 Å². The van der Waals surface area contributed by atoms with Gasteiger partial charge in [0.2, 0.25) is 5.91 Å². The first-order valence-electron chi connectivity index (χ1n) is 7.03. The minimum absolute atomic E-state index is 0.0563. The van der Waals surface area contributed by atoms with Crippen molar-refractivity contribution in [3.05, 3.63) is 35.9 Å². The van der Waals surface area contributed by atoms with Crippen molar-refractivity contribution in [1.29, 1.82) is 0 Å². The molecular weight excluding hydrogens is 238 g/mol. The SMILES string of the molecule is CCC(C)C(C(=O)NCC(C)CO)c1ccccc1. The molecule has 0 radical (unpaired) electrons. The Kier molecular flexibility index (Phi) is 6.57. The van der Waals surface area contributed by atoms with Crippen LogP contribution >= 0.6 is 0 Å². The molecule has 2 N–H and O–H groups in total. The highest BCUT2D eigenvalue weighted by Crippen LogP contribution is 2.27. The number of benzene rings is 1. The summed E-state index contributed by atoms with van der Waals surface area (Å²) in [6.07, 6.45) is 0.961. The second kappa shape index (κ2) is 7.95. The number of nitrogens with one attached hydrogen (secondary N) is 1. The van der Waals surface area contributed by atoms with Crippen LogP contribution in [0.25, 0.3) is 0 Å². The van der Waals surface area contributed by atoms with Crippen LogP contribution in [0.15, 0.2) is 30.3 Å². The van der Waals surface area contributed by atoms with E-state index in [1.165, 1.54) is 0 Å². The van der Waals surface area contributed by atoms with Gasteiger partial charge < -0.3 is 10.4 Å². The predicted molar refractivity (Wildman–Crippen MR) is 77.9 cm³/mol. The highest BCUT2D eigenvalue weighted by Gasteiger charge is 2.25. The number of hydrogen-bond acceptors (Lipinski definition) is 2. The second-order valence-corrected chi connectivity index (χ2v) is 5.31. The van der Waals surface area contributed by atoms with E-state index in [9.17, 15) is 4.79 Å². The van der Waals surface area contributed by atoms with Crippen LogP contribution in [0.3, 0.4) is 0 Å². The van der Waals surface area contributed by atoms with E-state index >= 15 is 0 Å². The summed E-state index contributed by atoms with van der Waals surface area (Å²) in [5.41, 5.74) is 1.06. The van der Waals surface area contributed by atoms with Crippen molar-refractivity contribution in [3.8, 4) is 0 Å². The molecule has 3 unspecified atom stereocenters. The lowest BCUT2D eigenvalue weighted by molar-refractivity contribution is -0.123. The maximum atomic E-state index is 12.4. The number of carbonyl (C=O) groups is 1. The fourth-order valence-electron chi connectivity index (χ4n) is 2.08. The summed E-state index contributed by atoms with van der Waals surface area (Å²) in [5, 5.41) is 12.0. The molecule has 0 aliphatic carbocycles. The molecule has 0 aromatic heterocycles. The van der Waals surface area contributed by atoms with Crippen molar-refractivity contribution in [2.75, 3.05) is 13.2 Å². The Morgan fingerprint density at radius 3 is 2.42 bits per heavy atom. The first kappa shape index (κ1) is 15.7. The van der Waals surface area contributed by atoms with Gasteiger partial charge in [0.25, 0.3) is 0 Å². The monoisotopic (exact) mass is 263 g/mol. The summed E-state index contributed by atoms with van der Waals surface area (Å²) in [5.74, 6) is 0.335. The normalized spacial score (nSPS) is 15.6. The summed E-state index contributed by atoms with van der Waals surface area (Å²) >= 11 is 0. The summed E-state index contributed by atoms with van der Waals surface area (Å²) in [6, 6.07) is 9.91. The zero-order valence-electron chi connectivity index (χ0n) is 12.1. The largest absolute Gasteiger partial charge is 0.396 e. The van der Waals surface area contributed by atoms with Gasteiger partial charge in [-0.1, -0.05) is 57.5 Å². The third-order valence-corrected chi connectivity index (χ3v) is 3.59. The van der Waals surface area contributed by atoms with Gasteiger partial charge in [0.1, 0.15) is 0 Å². The molecule has 0 saturated carbocycles. The molecule has 1 aromatic carbocycles. The van der Waals surface area contributed by atoms with Crippen LogP contribution in [0.1, 0.15) is 38.7 Å². The van der Waals surface area contributed by atoms with Gasteiger partial charge in [0, 0.05) is 13.2 Å². The average molecular weight is 263 g/mol. The van der Waals surface area contributed by atoms with Crippen LogP contribution in [-0.4, -0.2) is 24.2 Å². The molecule has 19 heavy (non-hydrogen) atoms. The van der Waals surface area contributed by atoms with E-state index in [2.05, 4.69) is 19.2 Å². The zero-order chi connectivity index (χ0) is 14.3. The molecule has 0 spiro atoms. The smallest absolute Gasteiger partial charge is 0.227 e. The summed E-state index contributed by atoms with van der Waals surface area (Å²) < 4.78 is 0. The molecule has 0 fully saturated rings. The van der Waals surface area contributed by atoms with Crippen LogP contribution in [0, 0.1) is 11.8 Å². The Morgan fingerprint density at radius 2 is 1.89 bits per heavy atom. The number of carbonyl (C=O) groups excluding carboxylic acids is 1. The van der Waals surface area contributed by atoms with Crippen molar-refractivity contribution in [2.24, 2.45) is 11.8 Å². The van der Waals surface area contributed by atoms with E-state index in [1.54, 1.807) is 0 Å². The van der Waals surface area contributed by atoms with E-state index in [0.717, 1.165) is 12.0 Å². The Labute approximate surface area is 116 Å². The third kappa shape index (κ3) is 4.67. The van der Waals surface area contributed by atoms with E-state index in [0.29, 0.717) is 12.5 Å². The van der Waals surface area contributed by atoms with Crippen molar-refractivity contribution >= 4 is 5.91 Å².